The Morgan fingerprint density at radius 2 is 1.78 bits per heavy atom. The molecule has 3 amide bonds. The summed E-state index contributed by atoms with van der Waals surface area (Å²) >= 11 is 0. The van der Waals surface area contributed by atoms with Crippen molar-refractivity contribution in [1.29, 1.82) is 0 Å². The second kappa shape index (κ2) is 8.39. The third-order valence-electron chi connectivity index (χ3n) is 4.81. The van der Waals surface area contributed by atoms with E-state index in [1.165, 1.54) is 4.90 Å². The lowest BCUT2D eigenvalue weighted by Gasteiger charge is -2.36. The number of carbonyl (C=O) groups is 3. The molecule has 2 saturated heterocycles. The lowest BCUT2D eigenvalue weighted by Crippen LogP contribution is -2.54. The standard InChI is InChI=1S/C19H25N3O5/c1-3-26-16-8-6-5-7-14(16)22-17(23)13-15(18(22)24)20-9-11-21(12-10-20)19(25)27-4-2/h5-8,15H,3-4,9-13H2,1-2H3. The average molecular weight is 375 g/mol. The van der Waals surface area contributed by atoms with E-state index in [2.05, 4.69) is 0 Å². The summed E-state index contributed by atoms with van der Waals surface area (Å²) in [7, 11) is 0. The second-order valence-electron chi connectivity index (χ2n) is 6.41. The van der Waals surface area contributed by atoms with Gasteiger partial charge in [0.1, 0.15) is 5.75 Å². The molecule has 8 nitrogen and oxygen atoms in total. The summed E-state index contributed by atoms with van der Waals surface area (Å²) in [5, 5.41) is 0. The maximum absolute atomic E-state index is 13.0. The van der Waals surface area contributed by atoms with Crippen molar-refractivity contribution >= 4 is 23.6 Å². The predicted octanol–water partition coefficient (Wildman–Crippen LogP) is 1.49. The Morgan fingerprint density at radius 3 is 2.44 bits per heavy atom. The number of rotatable bonds is 5. The zero-order valence-corrected chi connectivity index (χ0v) is 15.7. The van der Waals surface area contributed by atoms with Crippen molar-refractivity contribution in [2.45, 2.75) is 26.3 Å². The Hall–Kier alpha value is -2.61. The summed E-state index contributed by atoms with van der Waals surface area (Å²) in [5.41, 5.74) is 0.488. The first-order valence-corrected chi connectivity index (χ1v) is 9.31. The van der Waals surface area contributed by atoms with Crippen molar-refractivity contribution in [3.8, 4) is 5.75 Å². The Morgan fingerprint density at radius 1 is 1.07 bits per heavy atom. The van der Waals surface area contributed by atoms with Crippen molar-refractivity contribution < 1.29 is 23.9 Å². The quantitative estimate of drug-likeness (QED) is 0.726. The van der Waals surface area contributed by atoms with Crippen LogP contribution in [0.25, 0.3) is 0 Å². The number of anilines is 1. The van der Waals surface area contributed by atoms with Gasteiger partial charge in [0.2, 0.25) is 5.91 Å². The molecule has 0 aliphatic carbocycles. The third-order valence-corrected chi connectivity index (χ3v) is 4.81. The largest absolute Gasteiger partial charge is 0.492 e. The molecule has 1 aromatic rings. The number of ether oxygens (including phenoxy) is 2. The van der Waals surface area contributed by atoms with Gasteiger partial charge in [-0.3, -0.25) is 14.5 Å². The third kappa shape index (κ3) is 3.90. The summed E-state index contributed by atoms with van der Waals surface area (Å²) in [4.78, 5) is 42.2. The molecule has 0 spiro atoms. The number of carbonyl (C=O) groups excluding carboxylic acids is 3. The number of benzene rings is 1. The van der Waals surface area contributed by atoms with Gasteiger partial charge in [0.25, 0.3) is 5.91 Å². The molecule has 2 aliphatic heterocycles. The fourth-order valence-electron chi connectivity index (χ4n) is 3.50. The van der Waals surface area contributed by atoms with Gasteiger partial charge in [-0.1, -0.05) is 12.1 Å². The Kier molecular flexibility index (Phi) is 5.95. The summed E-state index contributed by atoms with van der Waals surface area (Å²) in [5.74, 6) is 0.0520. The molecule has 1 atom stereocenters. The fourth-order valence-corrected chi connectivity index (χ4v) is 3.50. The molecule has 0 radical (unpaired) electrons. The first-order chi connectivity index (χ1) is 13.1. The fraction of sp³-hybridized carbons (Fsp3) is 0.526. The summed E-state index contributed by atoms with van der Waals surface area (Å²) in [6, 6.07) is 6.57. The highest BCUT2D eigenvalue weighted by molar-refractivity contribution is 6.23. The topological polar surface area (TPSA) is 79.4 Å². The van der Waals surface area contributed by atoms with Gasteiger partial charge in [0.15, 0.2) is 0 Å². The molecule has 0 aromatic heterocycles. The molecule has 0 N–H and O–H groups in total. The van der Waals surface area contributed by atoms with Crippen LogP contribution in [0.5, 0.6) is 5.75 Å². The number of amides is 3. The Balaban J connectivity index is 1.70. The van der Waals surface area contributed by atoms with E-state index in [4.69, 9.17) is 9.47 Å². The van der Waals surface area contributed by atoms with Crippen molar-refractivity contribution in [3.05, 3.63) is 24.3 Å². The molecule has 1 unspecified atom stereocenters. The molecule has 8 heteroatoms. The van der Waals surface area contributed by atoms with Crippen LogP contribution >= 0.6 is 0 Å². The van der Waals surface area contributed by atoms with Crippen LogP contribution in [0.3, 0.4) is 0 Å². The molecular weight excluding hydrogens is 350 g/mol. The van der Waals surface area contributed by atoms with Crippen molar-refractivity contribution in [3.63, 3.8) is 0 Å². The van der Waals surface area contributed by atoms with Crippen LogP contribution in [0.4, 0.5) is 10.5 Å². The Labute approximate surface area is 158 Å². The van der Waals surface area contributed by atoms with E-state index in [-0.39, 0.29) is 24.3 Å². The van der Waals surface area contributed by atoms with Gasteiger partial charge in [0, 0.05) is 26.2 Å². The van der Waals surface area contributed by atoms with Gasteiger partial charge in [-0.25, -0.2) is 9.69 Å². The highest BCUT2D eigenvalue weighted by Gasteiger charge is 2.44. The molecular formula is C19H25N3O5. The molecule has 146 valence electrons. The zero-order valence-electron chi connectivity index (χ0n) is 15.7. The van der Waals surface area contributed by atoms with Crippen molar-refractivity contribution in [2.75, 3.05) is 44.3 Å². The van der Waals surface area contributed by atoms with Crippen molar-refractivity contribution in [2.24, 2.45) is 0 Å². The zero-order chi connectivity index (χ0) is 19.4. The molecule has 1 aromatic carbocycles. The van der Waals surface area contributed by atoms with Gasteiger partial charge in [-0.2, -0.15) is 0 Å². The summed E-state index contributed by atoms with van der Waals surface area (Å²) in [6.45, 7) is 6.43. The SMILES string of the molecule is CCOC(=O)N1CCN(C2CC(=O)N(c3ccccc3OCC)C2=O)CC1. The highest BCUT2D eigenvalue weighted by atomic mass is 16.6. The van der Waals surface area contributed by atoms with Crippen LogP contribution in [-0.2, 0) is 14.3 Å². The molecule has 27 heavy (non-hydrogen) atoms. The lowest BCUT2D eigenvalue weighted by molar-refractivity contribution is -0.123. The van der Waals surface area contributed by atoms with Crippen molar-refractivity contribution in [1.82, 2.24) is 9.80 Å². The minimum atomic E-state index is -0.503. The van der Waals surface area contributed by atoms with Gasteiger partial charge in [0.05, 0.1) is 31.4 Å². The first kappa shape index (κ1) is 19.2. The number of imide groups is 1. The summed E-state index contributed by atoms with van der Waals surface area (Å²) < 4.78 is 10.6. The van der Waals surface area contributed by atoms with Gasteiger partial charge < -0.3 is 14.4 Å². The van der Waals surface area contributed by atoms with Gasteiger partial charge in [-0.05, 0) is 26.0 Å². The van der Waals surface area contributed by atoms with Crippen LogP contribution in [0, 0.1) is 0 Å². The predicted molar refractivity (Wildman–Crippen MR) is 98.7 cm³/mol. The van der Waals surface area contributed by atoms with Crippen LogP contribution in [-0.4, -0.2) is 73.1 Å². The van der Waals surface area contributed by atoms with Crippen LogP contribution in [0.2, 0.25) is 0 Å². The van der Waals surface area contributed by atoms with Crippen LogP contribution in [0.15, 0.2) is 24.3 Å². The number of hydrogen-bond donors (Lipinski definition) is 0. The second-order valence-corrected chi connectivity index (χ2v) is 6.41. The van der Waals surface area contributed by atoms with E-state index in [0.717, 1.165) is 0 Å². The van der Waals surface area contributed by atoms with Crippen LogP contribution < -0.4 is 9.64 Å². The van der Waals surface area contributed by atoms with E-state index in [9.17, 15) is 14.4 Å². The van der Waals surface area contributed by atoms with E-state index in [1.807, 2.05) is 17.9 Å². The summed E-state index contributed by atoms with van der Waals surface area (Å²) in [6.07, 6.45) is -0.197. The minimum Gasteiger partial charge on any atom is -0.492 e. The number of hydrogen-bond acceptors (Lipinski definition) is 6. The molecule has 2 fully saturated rings. The van der Waals surface area contributed by atoms with E-state index < -0.39 is 6.04 Å². The monoisotopic (exact) mass is 375 g/mol. The molecule has 3 rings (SSSR count). The number of piperazine rings is 1. The van der Waals surface area contributed by atoms with E-state index in [0.29, 0.717) is 50.8 Å². The lowest BCUT2D eigenvalue weighted by atomic mass is 10.2. The maximum atomic E-state index is 13.0. The molecule has 2 aliphatic rings. The number of nitrogens with zero attached hydrogens (tertiary/aromatic N) is 3. The highest BCUT2D eigenvalue weighted by Crippen LogP contribution is 2.33. The smallest absolute Gasteiger partial charge is 0.409 e. The van der Waals surface area contributed by atoms with E-state index >= 15 is 0 Å². The molecule has 2 heterocycles. The van der Waals surface area contributed by atoms with Crippen LogP contribution in [0.1, 0.15) is 20.3 Å². The van der Waals surface area contributed by atoms with Gasteiger partial charge in [-0.15, -0.1) is 0 Å². The number of para-hydroxylation sites is 2. The van der Waals surface area contributed by atoms with E-state index in [1.54, 1.807) is 30.0 Å². The molecule has 0 bridgehead atoms. The Bertz CT molecular complexity index is 715. The maximum Gasteiger partial charge on any atom is 0.409 e. The van der Waals surface area contributed by atoms with Gasteiger partial charge >= 0.3 is 6.09 Å². The minimum absolute atomic E-state index is 0.138. The molecule has 0 saturated carbocycles. The average Bonchev–Trinajstić information content (AvgIpc) is 2.97. The normalized spacial score (nSPS) is 20.9. The first-order valence-electron chi connectivity index (χ1n) is 9.31.